The van der Waals surface area contributed by atoms with Crippen molar-refractivity contribution < 1.29 is 9.59 Å². The third-order valence-corrected chi connectivity index (χ3v) is 6.52. The number of nitrogens with one attached hydrogen (secondary N) is 1. The number of piperazine rings is 1. The molecule has 0 spiro atoms. The van der Waals surface area contributed by atoms with Gasteiger partial charge in [-0.1, -0.05) is 60.2 Å². The van der Waals surface area contributed by atoms with Gasteiger partial charge in [-0.05, 0) is 18.1 Å². The molecule has 6 heteroatoms. The van der Waals surface area contributed by atoms with Crippen molar-refractivity contribution in [3.63, 3.8) is 0 Å². The molecule has 2 aromatic carbocycles. The molecule has 170 valence electrons. The minimum atomic E-state index is -0.240. The normalized spacial score (nSPS) is 20.0. The Kier molecular flexibility index (Phi) is 7.55. The Morgan fingerprint density at radius 1 is 0.906 bits per heavy atom. The number of amides is 2. The van der Waals surface area contributed by atoms with Crippen LogP contribution in [0.3, 0.4) is 0 Å². The lowest BCUT2D eigenvalue weighted by atomic mass is 10.1. The lowest BCUT2D eigenvalue weighted by molar-refractivity contribution is -0.129. The Bertz CT molecular complexity index is 892. The molecule has 1 unspecified atom stereocenters. The molecule has 2 saturated heterocycles. The van der Waals surface area contributed by atoms with Crippen molar-refractivity contribution in [3.05, 3.63) is 71.3 Å². The number of carbonyl (C=O) groups is 2. The van der Waals surface area contributed by atoms with Gasteiger partial charge >= 0.3 is 0 Å². The predicted octanol–water partition coefficient (Wildman–Crippen LogP) is 2.28. The first-order chi connectivity index (χ1) is 15.6. The summed E-state index contributed by atoms with van der Waals surface area (Å²) in [5, 5.41) is 3.06. The number of benzene rings is 2. The van der Waals surface area contributed by atoms with Crippen LogP contribution in [0.2, 0.25) is 0 Å². The molecule has 0 saturated carbocycles. The minimum absolute atomic E-state index is 0.00692. The molecular formula is C26H34N4O2. The highest BCUT2D eigenvalue weighted by atomic mass is 16.2. The van der Waals surface area contributed by atoms with Crippen LogP contribution >= 0.6 is 0 Å². The zero-order valence-corrected chi connectivity index (χ0v) is 19.0. The van der Waals surface area contributed by atoms with Gasteiger partial charge in [0.15, 0.2) is 0 Å². The molecule has 4 rings (SSSR count). The molecule has 1 N–H and O–H groups in total. The molecule has 0 aromatic heterocycles. The molecule has 32 heavy (non-hydrogen) atoms. The fraction of sp³-hybridized carbons (Fsp3) is 0.462. The molecule has 6 nitrogen and oxygen atoms in total. The van der Waals surface area contributed by atoms with Gasteiger partial charge in [0.1, 0.15) is 0 Å². The Hall–Kier alpha value is -2.70. The van der Waals surface area contributed by atoms with Crippen LogP contribution in [0.15, 0.2) is 54.6 Å². The predicted molar refractivity (Wildman–Crippen MR) is 126 cm³/mol. The lowest BCUT2D eigenvalue weighted by Crippen LogP contribution is -2.48. The van der Waals surface area contributed by atoms with Crippen molar-refractivity contribution in [2.45, 2.75) is 26.4 Å². The van der Waals surface area contributed by atoms with Crippen LogP contribution in [0.25, 0.3) is 0 Å². The van der Waals surface area contributed by atoms with Crippen LogP contribution < -0.4 is 5.32 Å². The van der Waals surface area contributed by atoms with Gasteiger partial charge in [0.2, 0.25) is 11.8 Å². The zero-order chi connectivity index (χ0) is 22.3. The molecular weight excluding hydrogens is 400 g/mol. The van der Waals surface area contributed by atoms with Crippen molar-refractivity contribution in [2.75, 3.05) is 45.8 Å². The average molecular weight is 435 g/mol. The summed E-state index contributed by atoms with van der Waals surface area (Å²) >= 11 is 0. The van der Waals surface area contributed by atoms with Crippen LogP contribution in [0.4, 0.5) is 0 Å². The van der Waals surface area contributed by atoms with E-state index in [0.717, 1.165) is 44.8 Å². The summed E-state index contributed by atoms with van der Waals surface area (Å²) in [6.07, 6.45) is 0.315. The summed E-state index contributed by atoms with van der Waals surface area (Å²) in [5.41, 5.74) is 3.67. The molecule has 0 radical (unpaired) electrons. The summed E-state index contributed by atoms with van der Waals surface area (Å²) in [6.45, 7) is 9.79. The largest absolute Gasteiger partial charge is 0.355 e. The van der Waals surface area contributed by atoms with Crippen molar-refractivity contribution in [2.24, 2.45) is 5.92 Å². The van der Waals surface area contributed by atoms with Crippen LogP contribution in [-0.4, -0.2) is 72.3 Å². The smallest absolute Gasteiger partial charge is 0.225 e. The van der Waals surface area contributed by atoms with Crippen molar-refractivity contribution in [3.8, 4) is 0 Å². The Morgan fingerprint density at radius 2 is 1.56 bits per heavy atom. The first kappa shape index (κ1) is 22.5. The quantitative estimate of drug-likeness (QED) is 0.693. The Balaban J connectivity index is 1.14. The highest BCUT2D eigenvalue weighted by molar-refractivity contribution is 5.89. The average Bonchev–Trinajstić information content (AvgIpc) is 3.17. The van der Waals surface area contributed by atoms with Crippen molar-refractivity contribution >= 4 is 11.8 Å². The monoisotopic (exact) mass is 434 g/mol. The maximum Gasteiger partial charge on any atom is 0.225 e. The van der Waals surface area contributed by atoms with E-state index in [1.807, 2.05) is 0 Å². The van der Waals surface area contributed by atoms with Crippen LogP contribution in [0.1, 0.15) is 23.1 Å². The van der Waals surface area contributed by atoms with Gasteiger partial charge in [0, 0.05) is 65.3 Å². The highest BCUT2D eigenvalue weighted by Crippen LogP contribution is 2.20. The zero-order valence-electron chi connectivity index (χ0n) is 19.0. The molecule has 0 bridgehead atoms. The van der Waals surface area contributed by atoms with E-state index in [1.165, 1.54) is 11.1 Å². The van der Waals surface area contributed by atoms with E-state index in [9.17, 15) is 9.59 Å². The van der Waals surface area contributed by atoms with E-state index in [-0.39, 0.29) is 17.7 Å². The van der Waals surface area contributed by atoms with Crippen LogP contribution in [0, 0.1) is 12.8 Å². The van der Waals surface area contributed by atoms with E-state index < -0.39 is 0 Å². The van der Waals surface area contributed by atoms with Gasteiger partial charge in [0.25, 0.3) is 0 Å². The molecule has 2 heterocycles. The summed E-state index contributed by atoms with van der Waals surface area (Å²) < 4.78 is 0. The maximum atomic E-state index is 12.6. The molecule has 2 aliphatic heterocycles. The second-order valence-corrected chi connectivity index (χ2v) is 9.06. The van der Waals surface area contributed by atoms with Gasteiger partial charge in [-0.25, -0.2) is 0 Å². The summed E-state index contributed by atoms with van der Waals surface area (Å²) in [4.78, 5) is 31.7. The second kappa shape index (κ2) is 10.7. The standard InChI is InChI=1S/C26H34N4O2/c1-21-7-9-23(10-8-21)19-30-20-24(17-25(30)31)26(32)27-11-12-28-13-15-29(16-14-28)18-22-5-3-2-4-6-22/h2-10,24H,11-20H2,1H3,(H,27,32). The van der Waals surface area contributed by atoms with Gasteiger partial charge in [0.05, 0.1) is 5.92 Å². The maximum absolute atomic E-state index is 12.6. The number of hydrogen-bond donors (Lipinski definition) is 1. The van der Waals surface area contributed by atoms with Crippen molar-refractivity contribution in [1.29, 1.82) is 0 Å². The number of hydrogen-bond acceptors (Lipinski definition) is 4. The lowest BCUT2D eigenvalue weighted by Gasteiger charge is -2.34. The molecule has 1 atom stereocenters. The van der Waals surface area contributed by atoms with Gasteiger partial charge in [-0.2, -0.15) is 0 Å². The van der Waals surface area contributed by atoms with E-state index in [1.54, 1.807) is 4.90 Å². The number of carbonyl (C=O) groups excluding carboxylic acids is 2. The molecule has 2 aromatic rings. The SMILES string of the molecule is Cc1ccc(CN2CC(C(=O)NCCN3CCN(Cc4ccccc4)CC3)CC2=O)cc1. The Labute approximate surface area is 191 Å². The summed E-state index contributed by atoms with van der Waals surface area (Å²) in [5.74, 6) is -0.164. The van der Waals surface area contributed by atoms with Gasteiger partial charge in [-0.15, -0.1) is 0 Å². The third kappa shape index (κ3) is 6.17. The minimum Gasteiger partial charge on any atom is -0.355 e. The van der Waals surface area contributed by atoms with E-state index in [4.69, 9.17) is 0 Å². The Morgan fingerprint density at radius 3 is 2.28 bits per heavy atom. The second-order valence-electron chi connectivity index (χ2n) is 9.06. The summed E-state index contributed by atoms with van der Waals surface area (Å²) in [6, 6.07) is 18.8. The van der Waals surface area contributed by atoms with Gasteiger partial charge in [-0.3, -0.25) is 19.4 Å². The fourth-order valence-electron chi connectivity index (χ4n) is 4.51. The van der Waals surface area contributed by atoms with Crippen LogP contribution in [-0.2, 0) is 22.7 Å². The third-order valence-electron chi connectivity index (χ3n) is 6.52. The first-order valence-electron chi connectivity index (χ1n) is 11.7. The van der Waals surface area contributed by atoms with Crippen LogP contribution in [0.5, 0.6) is 0 Å². The van der Waals surface area contributed by atoms with Crippen molar-refractivity contribution in [1.82, 2.24) is 20.0 Å². The molecule has 2 aliphatic rings. The number of aryl methyl sites for hydroxylation is 1. The first-order valence-corrected chi connectivity index (χ1v) is 11.7. The van der Waals surface area contributed by atoms with Gasteiger partial charge < -0.3 is 10.2 Å². The van der Waals surface area contributed by atoms with E-state index in [0.29, 0.717) is 26.1 Å². The fourth-order valence-corrected chi connectivity index (χ4v) is 4.51. The molecule has 0 aliphatic carbocycles. The highest BCUT2D eigenvalue weighted by Gasteiger charge is 2.34. The number of rotatable bonds is 8. The number of likely N-dealkylation sites (tertiary alicyclic amines) is 1. The molecule has 2 fully saturated rings. The topological polar surface area (TPSA) is 55.9 Å². The van der Waals surface area contributed by atoms with E-state index >= 15 is 0 Å². The molecule has 2 amide bonds. The number of nitrogens with zero attached hydrogens (tertiary/aromatic N) is 3. The summed E-state index contributed by atoms with van der Waals surface area (Å²) in [7, 11) is 0. The van der Waals surface area contributed by atoms with E-state index in [2.05, 4.69) is 76.6 Å².